The predicted octanol–water partition coefficient (Wildman–Crippen LogP) is 3.31. The summed E-state index contributed by atoms with van der Waals surface area (Å²) in [4.78, 5) is 15.1. The van der Waals surface area contributed by atoms with Crippen LogP contribution in [-0.4, -0.2) is 10.8 Å². The lowest BCUT2D eigenvalue weighted by Crippen LogP contribution is -2.00. The molecule has 0 atom stereocenters. The molecule has 1 aromatic carbocycles. The molecule has 0 aliphatic carbocycles. The molecule has 0 fully saturated rings. The summed E-state index contributed by atoms with van der Waals surface area (Å²) < 4.78 is 19.1. The van der Waals surface area contributed by atoms with E-state index in [0.29, 0.717) is 5.56 Å². The Balaban J connectivity index is 2.10. The van der Waals surface area contributed by atoms with Gasteiger partial charge in [0.25, 0.3) is 0 Å². The van der Waals surface area contributed by atoms with Crippen LogP contribution in [0.15, 0.2) is 36.7 Å². The van der Waals surface area contributed by atoms with Crippen LogP contribution in [0, 0.1) is 12.7 Å². The zero-order valence-corrected chi connectivity index (χ0v) is 10.8. The van der Waals surface area contributed by atoms with Gasteiger partial charge in [-0.05, 0) is 43.7 Å². The first-order chi connectivity index (χ1) is 9.06. The standard InChI is InChI=1S/C15H14FNO2/c1-10-5-12(8-17-7-10)9-19-15-4-3-13(11(2)18)6-14(15)16/h3-8H,9H2,1-2H3. The van der Waals surface area contributed by atoms with Crippen LogP contribution in [0.5, 0.6) is 5.75 Å². The fourth-order valence-electron chi connectivity index (χ4n) is 1.69. The van der Waals surface area contributed by atoms with Gasteiger partial charge >= 0.3 is 0 Å². The van der Waals surface area contributed by atoms with Crippen molar-refractivity contribution in [1.29, 1.82) is 0 Å². The molecule has 2 aromatic rings. The van der Waals surface area contributed by atoms with Crippen LogP contribution in [0.3, 0.4) is 0 Å². The van der Waals surface area contributed by atoms with Gasteiger partial charge in [-0.25, -0.2) is 4.39 Å². The van der Waals surface area contributed by atoms with Crippen LogP contribution in [-0.2, 0) is 6.61 Å². The highest BCUT2D eigenvalue weighted by Crippen LogP contribution is 2.20. The van der Waals surface area contributed by atoms with Crippen molar-refractivity contribution in [2.24, 2.45) is 0 Å². The van der Waals surface area contributed by atoms with Crippen molar-refractivity contribution in [3.63, 3.8) is 0 Å². The topological polar surface area (TPSA) is 39.2 Å². The van der Waals surface area contributed by atoms with Gasteiger partial charge in [0.1, 0.15) is 6.61 Å². The summed E-state index contributed by atoms with van der Waals surface area (Å²) in [5.74, 6) is -0.576. The van der Waals surface area contributed by atoms with E-state index < -0.39 is 5.82 Å². The molecular weight excluding hydrogens is 245 g/mol. The summed E-state index contributed by atoms with van der Waals surface area (Å²) in [5, 5.41) is 0. The molecular formula is C15H14FNO2. The van der Waals surface area contributed by atoms with Crippen molar-refractivity contribution in [2.45, 2.75) is 20.5 Å². The number of ketones is 1. The average molecular weight is 259 g/mol. The van der Waals surface area contributed by atoms with Crippen molar-refractivity contribution in [1.82, 2.24) is 4.98 Å². The quantitative estimate of drug-likeness (QED) is 0.791. The van der Waals surface area contributed by atoms with Gasteiger partial charge in [0.2, 0.25) is 0 Å². The number of rotatable bonds is 4. The second-order valence-electron chi connectivity index (χ2n) is 4.36. The van der Waals surface area contributed by atoms with E-state index >= 15 is 0 Å². The molecule has 19 heavy (non-hydrogen) atoms. The number of halogens is 1. The maximum Gasteiger partial charge on any atom is 0.165 e. The highest BCUT2D eigenvalue weighted by molar-refractivity contribution is 5.94. The third-order valence-electron chi connectivity index (χ3n) is 2.66. The third kappa shape index (κ3) is 3.37. The number of hydrogen-bond acceptors (Lipinski definition) is 3. The largest absolute Gasteiger partial charge is 0.486 e. The zero-order chi connectivity index (χ0) is 13.8. The zero-order valence-electron chi connectivity index (χ0n) is 10.8. The summed E-state index contributed by atoms with van der Waals surface area (Å²) >= 11 is 0. The predicted molar refractivity (Wildman–Crippen MR) is 69.7 cm³/mol. The minimum absolute atomic E-state index is 0.131. The molecule has 0 N–H and O–H groups in total. The third-order valence-corrected chi connectivity index (χ3v) is 2.66. The molecule has 0 aliphatic heterocycles. The van der Waals surface area contributed by atoms with E-state index in [0.717, 1.165) is 11.1 Å². The maximum absolute atomic E-state index is 13.7. The van der Waals surface area contributed by atoms with E-state index in [9.17, 15) is 9.18 Å². The van der Waals surface area contributed by atoms with Gasteiger partial charge in [0, 0.05) is 23.5 Å². The monoisotopic (exact) mass is 259 g/mol. The van der Waals surface area contributed by atoms with Crippen molar-refractivity contribution < 1.29 is 13.9 Å². The molecule has 0 aliphatic rings. The summed E-state index contributed by atoms with van der Waals surface area (Å²) in [6.07, 6.45) is 3.42. The van der Waals surface area contributed by atoms with E-state index in [1.165, 1.54) is 19.1 Å². The lowest BCUT2D eigenvalue weighted by molar-refractivity contribution is 0.101. The molecule has 98 valence electrons. The number of pyridine rings is 1. The van der Waals surface area contributed by atoms with Crippen LogP contribution >= 0.6 is 0 Å². The summed E-state index contributed by atoms with van der Waals surface area (Å²) in [6.45, 7) is 3.57. The number of Topliss-reactive ketones (excluding diaryl/α,β-unsaturated/α-hetero) is 1. The Morgan fingerprint density at radius 1 is 1.32 bits per heavy atom. The van der Waals surface area contributed by atoms with Crippen molar-refractivity contribution in [2.75, 3.05) is 0 Å². The molecule has 3 nitrogen and oxygen atoms in total. The van der Waals surface area contributed by atoms with Crippen molar-refractivity contribution >= 4 is 5.78 Å². The first-order valence-corrected chi connectivity index (χ1v) is 5.90. The average Bonchev–Trinajstić information content (AvgIpc) is 2.37. The van der Waals surface area contributed by atoms with Gasteiger partial charge in [0.05, 0.1) is 0 Å². The number of carbonyl (C=O) groups excluding carboxylic acids is 1. The van der Waals surface area contributed by atoms with Gasteiger partial charge in [-0.3, -0.25) is 9.78 Å². The molecule has 0 amide bonds. The van der Waals surface area contributed by atoms with Crippen LogP contribution in [0.4, 0.5) is 4.39 Å². The fraction of sp³-hybridized carbons (Fsp3) is 0.200. The number of aryl methyl sites for hydroxylation is 1. The molecule has 0 radical (unpaired) electrons. The number of ether oxygens (including phenoxy) is 1. The SMILES string of the molecule is CC(=O)c1ccc(OCc2cncc(C)c2)c(F)c1. The van der Waals surface area contributed by atoms with Gasteiger partial charge in [-0.1, -0.05) is 0 Å². The van der Waals surface area contributed by atoms with Crippen LogP contribution in [0.2, 0.25) is 0 Å². The lowest BCUT2D eigenvalue weighted by Gasteiger charge is -2.08. The minimum Gasteiger partial charge on any atom is -0.486 e. The number of carbonyl (C=O) groups is 1. The number of benzene rings is 1. The first-order valence-electron chi connectivity index (χ1n) is 5.90. The first kappa shape index (κ1) is 13.2. The van der Waals surface area contributed by atoms with Crippen molar-refractivity contribution in [3.8, 4) is 5.75 Å². The highest BCUT2D eigenvalue weighted by atomic mass is 19.1. The maximum atomic E-state index is 13.7. The van der Waals surface area contributed by atoms with Crippen LogP contribution in [0.25, 0.3) is 0 Å². The Labute approximate surface area is 111 Å². The fourth-order valence-corrected chi connectivity index (χ4v) is 1.69. The lowest BCUT2D eigenvalue weighted by atomic mass is 10.1. The van der Waals surface area contributed by atoms with E-state index in [1.807, 2.05) is 13.0 Å². The van der Waals surface area contributed by atoms with Gasteiger partial charge in [-0.2, -0.15) is 0 Å². The van der Waals surface area contributed by atoms with E-state index in [-0.39, 0.29) is 18.1 Å². The normalized spacial score (nSPS) is 10.3. The smallest absolute Gasteiger partial charge is 0.165 e. The van der Waals surface area contributed by atoms with Crippen LogP contribution < -0.4 is 4.74 Å². The van der Waals surface area contributed by atoms with Gasteiger partial charge in [-0.15, -0.1) is 0 Å². The van der Waals surface area contributed by atoms with Crippen LogP contribution in [0.1, 0.15) is 28.4 Å². The Bertz CT molecular complexity index is 611. The molecule has 0 saturated heterocycles. The molecule has 2 rings (SSSR count). The molecule has 0 bridgehead atoms. The number of aromatic nitrogens is 1. The number of nitrogens with zero attached hydrogens (tertiary/aromatic N) is 1. The molecule has 0 saturated carbocycles. The van der Waals surface area contributed by atoms with Gasteiger partial charge < -0.3 is 4.74 Å². The Morgan fingerprint density at radius 2 is 2.11 bits per heavy atom. The Kier molecular flexibility index (Phi) is 3.90. The second kappa shape index (κ2) is 5.61. The van der Waals surface area contributed by atoms with Crippen molar-refractivity contribution in [3.05, 3.63) is 59.2 Å². The molecule has 4 heteroatoms. The summed E-state index contributed by atoms with van der Waals surface area (Å²) in [6, 6.07) is 6.13. The highest BCUT2D eigenvalue weighted by Gasteiger charge is 2.07. The Hall–Kier alpha value is -2.23. The molecule has 1 aromatic heterocycles. The number of hydrogen-bond donors (Lipinski definition) is 0. The molecule has 0 unspecified atom stereocenters. The molecule has 0 spiro atoms. The summed E-state index contributed by atoms with van der Waals surface area (Å²) in [7, 11) is 0. The van der Waals surface area contributed by atoms with E-state index in [4.69, 9.17) is 4.74 Å². The van der Waals surface area contributed by atoms with E-state index in [2.05, 4.69) is 4.98 Å². The van der Waals surface area contributed by atoms with Gasteiger partial charge in [0.15, 0.2) is 17.3 Å². The minimum atomic E-state index is -0.534. The summed E-state index contributed by atoms with van der Waals surface area (Å²) in [5.41, 5.74) is 2.23. The Morgan fingerprint density at radius 3 is 2.74 bits per heavy atom. The second-order valence-corrected chi connectivity index (χ2v) is 4.36. The molecule has 1 heterocycles. The van der Waals surface area contributed by atoms with E-state index in [1.54, 1.807) is 18.5 Å².